The predicted molar refractivity (Wildman–Crippen MR) is 167 cm³/mol. The number of nitrogens with zero attached hydrogens (tertiary/aromatic N) is 1. The Hall–Kier alpha value is -2.97. The minimum Gasteiger partial charge on any atom is -0.464 e. The van der Waals surface area contributed by atoms with Gasteiger partial charge in [-0.15, -0.1) is 0 Å². The Morgan fingerprint density at radius 1 is 1.13 bits per heavy atom. The third kappa shape index (κ3) is 8.85. The van der Waals surface area contributed by atoms with Crippen LogP contribution >= 0.6 is 15.9 Å². The summed E-state index contributed by atoms with van der Waals surface area (Å²) in [5, 5.41) is 5.50. The van der Waals surface area contributed by atoms with E-state index in [0.717, 1.165) is 19.3 Å². The molecule has 2 N–H and O–H groups in total. The molecule has 2 fully saturated rings. The molecule has 0 aromatic heterocycles. The topological polar surface area (TPSA) is 157 Å². The molecule has 0 bridgehead atoms. The number of ether oxygens (including phenoxy) is 2. The Morgan fingerprint density at radius 3 is 2.51 bits per heavy atom. The van der Waals surface area contributed by atoms with Crippen molar-refractivity contribution in [2.24, 2.45) is 5.92 Å². The molecule has 12 nitrogen and oxygen atoms in total. The number of fused-ring (bicyclic) bond motifs is 2. The van der Waals surface area contributed by atoms with Crippen molar-refractivity contribution in [3.05, 3.63) is 40.9 Å². The Labute approximate surface area is 272 Å². The normalized spacial score (nSPS) is 27.7. The van der Waals surface area contributed by atoms with Gasteiger partial charge in [-0.05, 0) is 77.6 Å². The highest BCUT2D eigenvalue weighted by Gasteiger charge is 2.62. The lowest BCUT2D eigenvalue weighted by atomic mass is 10.0. The van der Waals surface area contributed by atoms with E-state index in [1.165, 1.54) is 17.0 Å². The number of hydrogen-bond acceptors (Lipinski definition) is 9. The van der Waals surface area contributed by atoms with E-state index in [1.807, 2.05) is 12.2 Å². The number of allylic oxidation sites excluding steroid dienone is 1. The minimum atomic E-state index is -4.25. The van der Waals surface area contributed by atoms with E-state index in [2.05, 4.69) is 26.6 Å². The van der Waals surface area contributed by atoms with Gasteiger partial charge in [0, 0.05) is 23.4 Å². The molecule has 3 aliphatic rings. The second-order valence-corrected chi connectivity index (χ2v) is 15.1. The van der Waals surface area contributed by atoms with Crippen molar-refractivity contribution in [2.45, 2.75) is 107 Å². The van der Waals surface area contributed by atoms with Gasteiger partial charge < -0.3 is 25.0 Å². The largest absolute Gasteiger partial charge is 0.464 e. The number of esters is 1. The number of rotatable bonds is 6. The molecule has 1 aromatic rings. The first kappa shape index (κ1) is 34.9. The van der Waals surface area contributed by atoms with Gasteiger partial charge in [0.2, 0.25) is 11.8 Å². The minimum absolute atomic E-state index is 0.0794. The maximum atomic E-state index is 14.1. The summed E-state index contributed by atoms with van der Waals surface area (Å²) in [6, 6.07) is 3.69. The molecule has 2 heterocycles. The fourth-order valence-electron chi connectivity index (χ4n) is 5.66. The average Bonchev–Trinajstić information content (AvgIpc) is 3.48. The first-order valence-corrected chi connectivity index (χ1v) is 17.5. The van der Waals surface area contributed by atoms with E-state index in [-0.39, 0.29) is 36.8 Å². The summed E-state index contributed by atoms with van der Waals surface area (Å²) >= 11 is 3.28. The number of halogens is 1. The van der Waals surface area contributed by atoms with E-state index in [4.69, 9.17) is 13.7 Å². The number of benzene rings is 1. The predicted octanol–water partition coefficient (Wildman–Crippen LogP) is 3.98. The van der Waals surface area contributed by atoms with Crippen molar-refractivity contribution in [1.82, 2.24) is 15.5 Å². The van der Waals surface area contributed by atoms with Crippen molar-refractivity contribution in [3.63, 3.8) is 0 Å². The lowest BCUT2D eigenvalue weighted by molar-refractivity contribution is -0.150. The quantitative estimate of drug-likeness (QED) is 0.253. The van der Waals surface area contributed by atoms with Crippen LogP contribution in [-0.4, -0.2) is 79.7 Å². The highest BCUT2D eigenvalue weighted by Crippen LogP contribution is 2.46. The maximum Gasteiger partial charge on any atom is 0.408 e. The van der Waals surface area contributed by atoms with Gasteiger partial charge in [0.05, 0.1) is 17.6 Å². The van der Waals surface area contributed by atoms with E-state index >= 15 is 0 Å². The lowest BCUT2D eigenvalue weighted by Gasteiger charge is -2.30. The monoisotopic (exact) mass is 711 g/mol. The highest BCUT2D eigenvalue weighted by molar-refractivity contribution is 9.10. The van der Waals surface area contributed by atoms with Crippen molar-refractivity contribution >= 4 is 49.9 Å². The molecule has 1 aromatic carbocycles. The summed E-state index contributed by atoms with van der Waals surface area (Å²) in [7, 11) is -4.25. The van der Waals surface area contributed by atoms with Gasteiger partial charge in [0.25, 0.3) is 10.1 Å². The summed E-state index contributed by atoms with van der Waals surface area (Å²) < 4.78 is 43.2. The molecule has 5 atom stereocenters. The molecule has 2 aliphatic heterocycles. The van der Waals surface area contributed by atoms with E-state index in [1.54, 1.807) is 39.8 Å². The molecule has 14 heteroatoms. The number of carbonyl (C=O) groups is 4. The third-order valence-electron chi connectivity index (χ3n) is 7.94. The van der Waals surface area contributed by atoms with Crippen LogP contribution in [0.4, 0.5) is 4.79 Å². The molecule has 0 radical (unpaired) electrons. The Bertz CT molecular complexity index is 1410. The van der Waals surface area contributed by atoms with Gasteiger partial charge in [-0.25, -0.2) is 9.59 Å². The molecule has 4 rings (SSSR count). The maximum absolute atomic E-state index is 14.1. The zero-order valence-corrected chi connectivity index (χ0v) is 28.4. The van der Waals surface area contributed by atoms with Crippen molar-refractivity contribution < 1.29 is 41.3 Å². The Kier molecular flexibility index (Phi) is 11.0. The Morgan fingerprint density at radius 2 is 1.84 bits per heavy atom. The number of nitrogens with one attached hydrogen (secondary N) is 2. The molecule has 1 aliphatic carbocycles. The second-order valence-electron chi connectivity index (χ2n) is 12.6. The lowest BCUT2D eigenvalue weighted by Crippen LogP contribution is -2.56. The zero-order chi connectivity index (χ0) is 33.0. The summed E-state index contributed by atoms with van der Waals surface area (Å²) in [4.78, 5) is 55.0. The van der Waals surface area contributed by atoms with Crippen molar-refractivity contribution in [2.75, 3.05) is 13.2 Å². The summed E-state index contributed by atoms with van der Waals surface area (Å²) in [6.45, 7) is 6.70. The smallest absolute Gasteiger partial charge is 0.408 e. The van der Waals surface area contributed by atoms with Gasteiger partial charge >= 0.3 is 12.1 Å². The van der Waals surface area contributed by atoms with Crippen LogP contribution in [0.15, 0.2) is 45.8 Å². The molecule has 5 unspecified atom stereocenters. The SMILES string of the molecule is CCOC(=O)C12CC1C=CCCCCCC(NC(=O)OC(C)(C)C)C(=O)N1CC(OS(=O)(=O)c3ccc(Br)cc3)CC1C(=O)N2. The van der Waals surface area contributed by atoms with E-state index < -0.39 is 63.3 Å². The van der Waals surface area contributed by atoms with Crippen LogP contribution in [0.25, 0.3) is 0 Å². The van der Waals surface area contributed by atoms with Gasteiger partial charge in [-0.1, -0.05) is 40.9 Å². The summed E-state index contributed by atoms with van der Waals surface area (Å²) in [5.74, 6) is -2.05. The molecular weight excluding hydrogens is 670 g/mol. The molecule has 0 spiro atoms. The van der Waals surface area contributed by atoms with Crippen LogP contribution in [0, 0.1) is 5.92 Å². The van der Waals surface area contributed by atoms with E-state index in [0.29, 0.717) is 17.3 Å². The summed E-state index contributed by atoms with van der Waals surface area (Å²) in [6.07, 6.45) is 5.49. The molecule has 1 saturated carbocycles. The molecule has 45 heavy (non-hydrogen) atoms. The third-order valence-corrected chi connectivity index (χ3v) is 9.84. The van der Waals surface area contributed by atoms with E-state index in [9.17, 15) is 27.6 Å². The van der Waals surface area contributed by atoms with Crippen LogP contribution in [-0.2, 0) is 38.2 Å². The zero-order valence-electron chi connectivity index (χ0n) is 26.0. The Balaban J connectivity index is 1.65. The highest BCUT2D eigenvalue weighted by atomic mass is 79.9. The van der Waals surface area contributed by atoms with Crippen LogP contribution < -0.4 is 10.6 Å². The molecule has 1 saturated heterocycles. The molecule has 248 valence electrons. The van der Waals surface area contributed by atoms with Crippen LogP contribution in [0.3, 0.4) is 0 Å². The molecule has 3 amide bonds. The number of alkyl carbamates (subject to hydrolysis) is 1. The number of hydrogen-bond donors (Lipinski definition) is 2. The van der Waals surface area contributed by atoms with Crippen LogP contribution in [0.5, 0.6) is 0 Å². The van der Waals surface area contributed by atoms with Crippen molar-refractivity contribution in [3.8, 4) is 0 Å². The van der Waals surface area contributed by atoms with Crippen LogP contribution in [0.2, 0.25) is 0 Å². The number of amides is 3. The summed E-state index contributed by atoms with van der Waals surface area (Å²) in [5.41, 5.74) is -2.09. The van der Waals surface area contributed by atoms with Crippen molar-refractivity contribution in [1.29, 1.82) is 0 Å². The first-order chi connectivity index (χ1) is 21.1. The fraction of sp³-hybridized carbons (Fsp3) is 0.613. The van der Waals surface area contributed by atoms with Gasteiger partial charge in [0.15, 0.2) is 0 Å². The number of carbonyl (C=O) groups excluding carboxylic acids is 4. The average molecular weight is 713 g/mol. The van der Waals surface area contributed by atoms with Gasteiger partial charge in [-0.3, -0.25) is 13.8 Å². The first-order valence-electron chi connectivity index (χ1n) is 15.3. The molecular formula is C31H42BrN3O9S. The van der Waals surface area contributed by atoms with Gasteiger partial charge in [0.1, 0.15) is 23.2 Å². The van der Waals surface area contributed by atoms with Crippen LogP contribution in [0.1, 0.15) is 72.6 Å². The standard InChI is InChI=1S/C31H42BrN3O9S/c1-5-42-28(38)31-18-20(31)11-9-7-6-8-10-12-24(33-29(39)43-30(2,3)4)27(37)35-19-22(17-25(35)26(36)34-31)44-45(40,41)23-15-13-21(32)14-16-23/h9,11,13-16,20,22,24-25H,5-8,10,12,17-19H2,1-4H3,(H,33,39)(H,34,36). The second kappa shape index (κ2) is 14.2. The fourth-order valence-corrected chi connectivity index (χ4v) is 7.01. The van der Waals surface area contributed by atoms with Gasteiger partial charge in [-0.2, -0.15) is 8.42 Å².